The smallest absolute Gasteiger partial charge is 0.222 e. The van der Waals surface area contributed by atoms with Gasteiger partial charge in [-0.15, -0.1) is 0 Å². The molecule has 4 rings (SSSR count). The highest BCUT2D eigenvalue weighted by Crippen LogP contribution is 2.28. The Morgan fingerprint density at radius 1 is 0.909 bits per heavy atom. The van der Waals surface area contributed by atoms with E-state index >= 15 is 0 Å². The molecule has 33 heavy (non-hydrogen) atoms. The van der Waals surface area contributed by atoms with Gasteiger partial charge in [0, 0.05) is 55.8 Å². The molecule has 0 unspecified atom stereocenters. The molecular formula is C28H34N4O. The van der Waals surface area contributed by atoms with Crippen LogP contribution in [0.2, 0.25) is 0 Å². The van der Waals surface area contributed by atoms with Crippen LogP contribution in [0.4, 0.5) is 5.82 Å². The third kappa shape index (κ3) is 5.59. The lowest BCUT2D eigenvalue weighted by Crippen LogP contribution is -2.49. The van der Waals surface area contributed by atoms with Crippen molar-refractivity contribution < 1.29 is 4.79 Å². The highest BCUT2D eigenvalue weighted by molar-refractivity contribution is 5.76. The van der Waals surface area contributed by atoms with Crippen molar-refractivity contribution in [2.24, 2.45) is 5.92 Å². The average molecular weight is 443 g/mol. The van der Waals surface area contributed by atoms with E-state index in [1.165, 1.54) is 16.7 Å². The number of hydrogen-bond acceptors (Lipinski definition) is 4. The summed E-state index contributed by atoms with van der Waals surface area (Å²) in [6, 6.07) is 18.8. The van der Waals surface area contributed by atoms with E-state index in [9.17, 15) is 4.79 Å². The number of hydrogen-bond donors (Lipinski definition) is 0. The van der Waals surface area contributed by atoms with Crippen LogP contribution >= 0.6 is 0 Å². The fraction of sp³-hybridized carbons (Fsp3) is 0.393. The Morgan fingerprint density at radius 2 is 1.58 bits per heavy atom. The summed E-state index contributed by atoms with van der Waals surface area (Å²) in [6.45, 7) is 11.4. The fourth-order valence-corrected chi connectivity index (χ4v) is 4.32. The summed E-state index contributed by atoms with van der Waals surface area (Å²) in [4.78, 5) is 26.9. The van der Waals surface area contributed by atoms with Gasteiger partial charge in [-0.25, -0.2) is 9.97 Å². The topological polar surface area (TPSA) is 49.3 Å². The minimum absolute atomic E-state index is 0.258. The van der Waals surface area contributed by atoms with Crippen molar-refractivity contribution in [3.63, 3.8) is 0 Å². The third-order valence-corrected chi connectivity index (χ3v) is 6.24. The SMILES string of the molecule is Cc1ccc(Cc2c(C)nc(-c3ccccc3)nc2N2CCN(C(=O)CC(C)C)CC2)cc1. The highest BCUT2D eigenvalue weighted by Gasteiger charge is 2.25. The Labute approximate surface area is 197 Å². The van der Waals surface area contributed by atoms with Crippen molar-refractivity contribution in [3.05, 3.63) is 77.0 Å². The van der Waals surface area contributed by atoms with Crippen LogP contribution in [0.3, 0.4) is 0 Å². The average Bonchev–Trinajstić information content (AvgIpc) is 2.82. The monoisotopic (exact) mass is 442 g/mol. The van der Waals surface area contributed by atoms with Gasteiger partial charge in [-0.3, -0.25) is 4.79 Å². The van der Waals surface area contributed by atoms with Gasteiger partial charge in [0.05, 0.1) is 0 Å². The van der Waals surface area contributed by atoms with Crippen molar-refractivity contribution in [2.45, 2.75) is 40.5 Å². The van der Waals surface area contributed by atoms with Crippen LogP contribution in [-0.2, 0) is 11.2 Å². The molecule has 1 amide bonds. The predicted octanol–water partition coefficient (Wildman–Crippen LogP) is 5.05. The molecule has 1 saturated heterocycles. The maximum absolute atomic E-state index is 12.6. The molecule has 1 fully saturated rings. The highest BCUT2D eigenvalue weighted by atomic mass is 16.2. The lowest BCUT2D eigenvalue weighted by Gasteiger charge is -2.37. The first-order chi connectivity index (χ1) is 15.9. The Balaban J connectivity index is 1.64. The minimum atomic E-state index is 0.258. The normalized spacial score (nSPS) is 14.1. The van der Waals surface area contributed by atoms with Crippen molar-refractivity contribution in [2.75, 3.05) is 31.1 Å². The maximum atomic E-state index is 12.6. The molecule has 172 valence electrons. The van der Waals surface area contributed by atoms with E-state index in [1.54, 1.807) is 0 Å². The third-order valence-electron chi connectivity index (χ3n) is 6.24. The molecule has 1 aromatic heterocycles. The Morgan fingerprint density at radius 3 is 2.21 bits per heavy atom. The van der Waals surface area contributed by atoms with Crippen LogP contribution in [0.25, 0.3) is 11.4 Å². The largest absolute Gasteiger partial charge is 0.353 e. The molecule has 1 aliphatic heterocycles. The Hall–Kier alpha value is -3.21. The van der Waals surface area contributed by atoms with Gasteiger partial charge in [-0.05, 0) is 25.3 Å². The standard InChI is InChI=1S/C28H34N4O/c1-20(2)18-26(33)31-14-16-32(17-15-31)28-25(19-23-12-10-21(3)11-13-23)22(4)29-27(30-28)24-8-6-5-7-9-24/h5-13,20H,14-19H2,1-4H3. The van der Waals surface area contributed by atoms with Gasteiger partial charge in [0.25, 0.3) is 0 Å². The summed E-state index contributed by atoms with van der Waals surface area (Å²) < 4.78 is 0. The predicted molar refractivity (Wildman–Crippen MR) is 134 cm³/mol. The number of carbonyl (C=O) groups is 1. The molecule has 5 heteroatoms. The van der Waals surface area contributed by atoms with Crippen molar-refractivity contribution >= 4 is 11.7 Å². The summed E-state index contributed by atoms with van der Waals surface area (Å²) >= 11 is 0. The summed E-state index contributed by atoms with van der Waals surface area (Å²) in [5, 5.41) is 0. The molecule has 0 bridgehead atoms. The van der Waals surface area contributed by atoms with Gasteiger partial charge in [0.15, 0.2) is 5.82 Å². The molecule has 2 aromatic carbocycles. The number of aromatic nitrogens is 2. The molecule has 3 aromatic rings. The lowest BCUT2D eigenvalue weighted by atomic mass is 10.0. The molecule has 0 radical (unpaired) electrons. The first-order valence-corrected chi connectivity index (χ1v) is 11.9. The number of piperazine rings is 1. The van der Waals surface area contributed by atoms with Crippen molar-refractivity contribution in [1.82, 2.24) is 14.9 Å². The second-order valence-corrected chi connectivity index (χ2v) is 9.43. The minimum Gasteiger partial charge on any atom is -0.353 e. The number of amides is 1. The van der Waals surface area contributed by atoms with Gasteiger partial charge >= 0.3 is 0 Å². The van der Waals surface area contributed by atoms with Crippen LogP contribution in [0.15, 0.2) is 54.6 Å². The summed E-state index contributed by atoms with van der Waals surface area (Å²) in [7, 11) is 0. The van der Waals surface area contributed by atoms with E-state index < -0.39 is 0 Å². The number of rotatable bonds is 6. The van der Waals surface area contributed by atoms with E-state index in [4.69, 9.17) is 9.97 Å². The van der Waals surface area contributed by atoms with Crippen LogP contribution in [0.1, 0.15) is 42.7 Å². The van der Waals surface area contributed by atoms with Crippen LogP contribution in [-0.4, -0.2) is 47.0 Å². The summed E-state index contributed by atoms with van der Waals surface area (Å²) in [6.07, 6.45) is 1.41. The van der Waals surface area contributed by atoms with E-state index in [0.29, 0.717) is 12.3 Å². The van der Waals surface area contributed by atoms with Gasteiger partial charge in [0.2, 0.25) is 5.91 Å². The lowest BCUT2D eigenvalue weighted by molar-refractivity contribution is -0.132. The van der Waals surface area contributed by atoms with Crippen molar-refractivity contribution in [1.29, 1.82) is 0 Å². The van der Waals surface area contributed by atoms with Crippen molar-refractivity contribution in [3.8, 4) is 11.4 Å². The number of anilines is 1. The molecule has 1 aliphatic rings. The summed E-state index contributed by atoms with van der Waals surface area (Å²) in [5.74, 6) is 2.40. The molecule has 0 saturated carbocycles. The number of nitrogens with zero attached hydrogens (tertiary/aromatic N) is 4. The molecule has 2 heterocycles. The van der Waals surface area contributed by atoms with Gasteiger partial charge in [-0.1, -0.05) is 74.0 Å². The van der Waals surface area contributed by atoms with E-state index in [-0.39, 0.29) is 5.91 Å². The van der Waals surface area contributed by atoms with E-state index in [0.717, 1.165) is 55.5 Å². The first kappa shape index (κ1) is 23.0. The first-order valence-electron chi connectivity index (χ1n) is 11.9. The van der Waals surface area contributed by atoms with Gasteiger partial charge < -0.3 is 9.80 Å². The van der Waals surface area contributed by atoms with Gasteiger partial charge in [0.1, 0.15) is 5.82 Å². The van der Waals surface area contributed by atoms with E-state index in [1.807, 2.05) is 23.1 Å². The van der Waals surface area contributed by atoms with Crippen LogP contribution < -0.4 is 4.90 Å². The fourth-order valence-electron chi connectivity index (χ4n) is 4.32. The molecular weight excluding hydrogens is 408 g/mol. The van der Waals surface area contributed by atoms with Crippen LogP contribution in [0, 0.1) is 19.8 Å². The zero-order valence-corrected chi connectivity index (χ0v) is 20.2. The maximum Gasteiger partial charge on any atom is 0.222 e. The molecule has 0 spiro atoms. The quantitative estimate of drug-likeness (QED) is 0.536. The molecule has 0 aliphatic carbocycles. The molecule has 0 N–H and O–H groups in total. The second-order valence-electron chi connectivity index (χ2n) is 9.43. The summed E-state index contributed by atoms with van der Waals surface area (Å²) in [5.41, 5.74) is 5.72. The number of aryl methyl sites for hydroxylation is 2. The number of carbonyl (C=O) groups excluding carboxylic acids is 1. The van der Waals surface area contributed by atoms with Crippen LogP contribution in [0.5, 0.6) is 0 Å². The molecule has 5 nitrogen and oxygen atoms in total. The van der Waals surface area contributed by atoms with E-state index in [2.05, 4.69) is 69.0 Å². The Bertz CT molecular complexity index is 1080. The zero-order valence-electron chi connectivity index (χ0n) is 20.2. The van der Waals surface area contributed by atoms with Gasteiger partial charge in [-0.2, -0.15) is 0 Å². The molecule has 0 atom stereocenters. The second kappa shape index (κ2) is 10.2. The Kier molecular flexibility index (Phi) is 7.07. The number of benzene rings is 2. The zero-order chi connectivity index (χ0) is 23.4.